The van der Waals surface area contributed by atoms with Gasteiger partial charge in [-0.2, -0.15) is 0 Å². The third-order valence-corrected chi connectivity index (χ3v) is 6.38. The molecule has 6 aliphatic rings. The van der Waals surface area contributed by atoms with Gasteiger partial charge in [0.15, 0.2) is 0 Å². The van der Waals surface area contributed by atoms with Crippen LogP contribution >= 0.6 is 0 Å². The maximum absolute atomic E-state index is 13.2. The van der Waals surface area contributed by atoms with Gasteiger partial charge in [-0.05, 0) is 12.8 Å². The van der Waals surface area contributed by atoms with Crippen molar-refractivity contribution in [3.8, 4) is 0 Å². The number of ketones is 2. The summed E-state index contributed by atoms with van der Waals surface area (Å²) in [5.74, 6) is -0.119. The van der Waals surface area contributed by atoms with Crippen LogP contribution in [0, 0.1) is 5.41 Å². The van der Waals surface area contributed by atoms with E-state index < -0.39 is 16.5 Å². The van der Waals surface area contributed by atoms with Crippen LogP contribution in [0.4, 0.5) is 0 Å². The average Bonchev–Trinajstić information content (AvgIpc) is 3.40. The molecule has 0 N–H and O–H groups in total. The first kappa shape index (κ1) is 12.4. The molecular formula is C15H18N2O4. The van der Waals surface area contributed by atoms with Crippen molar-refractivity contribution in [3.63, 3.8) is 0 Å². The molecule has 6 heteroatoms. The number of Topliss-reactive ketones (excluding diaryl/α,β-unsaturated/α-hetero) is 2. The van der Waals surface area contributed by atoms with Crippen molar-refractivity contribution in [2.24, 2.45) is 5.41 Å². The van der Waals surface area contributed by atoms with Gasteiger partial charge in [0, 0.05) is 6.42 Å². The fourth-order valence-electron chi connectivity index (χ4n) is 5.31. The van der Waals surface area contributed by atoms with Gasteiger partial charge in [-0.3, -0.25) is 14.3 Å². The average molecular weight is 290 g/mol. The molecule has 2 aliphatic carbocycles. The molecule has 2 bridgehead atoms. The summed E-state index contributed by atoms with van der Waals surface area (Å²) in [6, 6.07) is 0. The summed E-state index contributed by atoms with van der Waals surface area (Å²) < 4.78 is 11.6. The molecule has 0 radical (unpaired) electrons. The van der Waals surface area contributed by atoms with Gasteiger partial charge in [-0.1, -0.05) is 12.8 Å². The van der Waals surface area contributed by atoms with E-state index in [4.69, 9.17) is 9.47 Å². The molecule has 0 amide bonds. The van der Waals surface area contributed by atoms with Crippen molar-refractivity contribution >= 4 is 11.6 Å². The summed E-state index contributed by atoms with van der Waals surface area (Å²) in [6.07, 6.45) is 4.08. The Bertz CT molecular complexity index is 568. The predicted molar refractivity (Wildman–Crippen MR) is 68.7 cm³/mol. The second-order valence-electron chi connectivity index (χ2n) is 7.30. The largest absolute Gasteiger partial charge is 0.505 e. The van der Waals surface area contributed by atoms with Crippen molar-refractivity contribution in [1.29, 1.82) is 0 Å². The molecule has 6 fully saturated rings. The summed E-state index contributed by atoms with van der Waals surface area (Å²) >= 11 is 0. The van der Waals surface area contributed by atoms with Gasteiger partial charge in [0.05, 0.1) is 31.8 Å². The number of hydrogen-bond donors (Lipinski definition) is 0. The first-order chi connectivity index (χ1) is 10.1. The fourth-order valence-corrected chi connectivity index (χ4v) is 5.31. The molecular weight excluding hydrogens is 272 g/mol. The molecule has 4 heterocycles. The first-order valence-electron chi connectivity index (χ1n) is 7.90. The zero-order valence-corrected chi connectivity index (χ0v) is 11.8. The molecule has 0 aromatic carbocycles. The first-order valence-corrected chi connectivity index (χ1v) is 7.90. The van der Waals surface area contributed by atoms with Gasteiger partial charge in [0.25, 0.3) is 11.3 Å². The van der Waals surface area contributed by atoms with Crippen molar-refractivity contribution in [1.82, 2.24) is 0 Å². The van der Waals surface area contributed by atoms with Crippen molar-refractivity contribution in [3.05, 3.63) is 5.53 Å². The lowest BCUT2D eigenvalue weighted by Crippen LogP contribution is -2.73. The van der Waals surface area contributed by atoms with Crippen LogP contribution in [0.5, 0.6) is 0 Å². The third-order valence-electron chi connectivity index (χ3n) is 6.38. The lowest BCUT2D eigenvalue weighted by molar-refractivity contribution is -0.689. The number of hydrogen-bond acceptors (Lipinski definition) is 4. The third kappa shape index (κ3) is 1.13. The Morgan fingerprint density at radius 3 is 2.14 bits per heavy atom. The quantitative estimate of drug-likeness (QED) is 0.435. The van der Waals surface area contributed by atoms with E-state index in [-0.39, 0.29) is 23.8 Å². The number of carbonyl (C=O) groups excluding carboxylic acids is 2. The van der Waals surface area contributed by atoms with Gasteiger partial charge in [0.1, 0.15) is 5.41 Å². The lowest BCUT2D eigenvalue weighted by Gasteiger charge is -2.46. The summed E-state index contributed by atoms with van der Waals surface area (Å²) in [4.78, 5) is 26.2. The number of carbonyl (C=O) groups is 2. The van der Waals surface area contributed by atoms with Crippen LogP contribution < -0.4 is 0 Å². The maximum atomic E-state index is 13.2. The van der Waals surface area contributed by atoms with E-state index in [9.17, 15) is 15.1 Å². The van der Waals surface area contributed by atoms with Gasteiger partial charge in [-0.15, -0.1) is 0 Å². The lowest BCUT2D eigenvalue weighted by atomic mass is 9.65. The number of rotatable bonds is 4. The van der Waals surface area contributed by atoms with Crippen molar-refractivity contribution in [2.75, 3.05) is 13.2 Å². The highest BCUT2D eigenvalue weighted by Gasteiger charge is 2.94. The fraction of sp³-hybridized carbons (Fsp3) is 0.867. The molecule has 1 spiro atoms. The molecule has 4 unspecified atom stereocenters. The van der Waals surface area contributed by atoms with Crippen LogP contribution in [0.15, 0.2) is 0 Å². The Morgan fingerprint density at radius 1 is 1.05 bits per heavy atom. The van der Waals surface area contributed by atoms with Gasteiger partial charge in [0.2, 0.25) is 11.3 Å². The van der Waals surface area contributed by atoms with E-state index in [2.05, 4.69) is 0 Å². The summed E-state index contributed by atoms with van der Waals surface area (Å²) in [5, 5.41) is 0. The summed E-state index contributed by atoms with van der Waals surface area (Å²) in [6.45, 7) is 1.22. The molecule has 2 saturated carbocycles. The number of ether oxygens (including phenoxy) is 2. The minimum Gasteiger partial charge on any atom is -0.505 e. The second-order valence-corrected chi connectivity index (χ2v) is 7.30. The van der Waals surface area contributed by atoms with E-state index in [1.807, 2.05) is 0 Å². The van der Waals surface area contributed by atoms with E-state index >= 15 is 0 Å². The van der Waals surface area contributed by atoms with E-state index in [1.165, 1.54) is 0 Å². The molecule has 4 aliphatic heterocycles. The highest BCUT2D eigenvalue weighted by Crippen LogP contribution is 2.69. The van der Waals surface area contributed by atoms with Gasteiger partial charge < -0.3 is 15.0 Å². The second kappa shape index (κ2) is 3.43. The Hall–Kier alpha value is -1.14. The van der Waals surface area contributed by atoms with Crippen LogP contribution in [0.3, 0.4) is 0 Å². The highest BCUT2D eigenvalue weighted by atomic mass is 16.6. The van der Waals surface area contributed by atoms with Crippen molar-refractivity contribution < 1.29 is 23.8 Å². The van der Waals surface area contributed by atoms with Crippen LogP contribution in [-0.2, 0) is 19.1 Å². The topological polar surface area (TPSA) is 84.5 Å². The molecule has 0 aromatic heterocycles. The summed E-state index contributed by atoms with van der Waals surface area (Å²) in [7, 11) is 0. The van der Waals surface area contributed by atoms with Crippen LogP contribution in [-0.4, -0.2) is 52.8 Å². The molecule has 4 atom stereocenters. The van der Waals surface area contributed by atoms with E-state index in [1.54, 1.807) is 0 Å². The minimum absolute atomic E-state index is 0.0159. The molecule has 21 heavy (non-hydrogen) atoms. The Labute approximate surface area is 122 Å². The Morgan fingerprint density at radius 2 is 1.62 bits per heavy atom. The standard InChI is InChI=1S/C15H18N2O4/c16-17-14(5-9-7-20-9)11(18)13(3-1-2-4-13)15(17,12(14)19)6-10-8-21-10/h9-10H,1-8H2. The maximum Gasteiger partial charge on any atom is 0.280 e. The smallest absolute Gasteiger partial charge is 0.280 e. The molecule has 6 nitrogen and oxygen atoms in total. The van der Waals surface area contributed by atoms with E-state index in [0.29, 0.717) is 38.9 Å². The highest BCUT2D eigenvalue weighted by molar-refractivity contribution is 6.27. The minimum atomic E-state index is -1.32. The molecule has 6 rings (SSSR count). The summed E-state index contributed by atoms with van der Waals surface area (Å²) in [5.41, 5.74) is 7.73. The van der Waals surface area contributed by atoms with Crippen LogP contribution in [0.1, 0.15) is 38.5 Å². The SMILES string of the molecule is [N-]=[N+]1C2(CC3CO3)C(=O)C3(CCCC3)C1(CC1CO1)C2=O. The van der Waals surface area contributed by atoms with Gasteiger partial charge >= 0.3 is 0 Å². The van der Waals surface area contributed by atoms with Crippen LogP contribution in [0.25, 0.3) is 5.53 Å². The van der Waals surface area contributed by atoms with E-state index in [0.717, 1.165) is 17.5 Å². The zero-order valence-electron chi connectivity index (χ0n) is 11.8. The van der Waals surface area contributed by atoms with Crippen LogP contribution in [0.2, 0.25) is 0 Å². The molecule has 112 valence electrons. The monoisotopic (exact) mass is 290 g/mol. The predicted octanol–water partition coefficient (Wildman–Crippen LogP) is 0.802. The molecule has 0 aromatic rings. The Balaban J connectivity index is 1.64. The Kier molecular flexibility index (Phi) is 2.03. The van der Waals surface area contributed by atoms with Gasteiger partial charge in [-0.25, -0.2) is 0 Å². The molecule has 4 saturated heterocycles. The normalized spacial score (nSPS) is 48.9. The van der Waals surface area contributed by atoms with Crippen molar-refractivity contribution in [2.45, 2.75) is 61.8 Å². The number of epoxide rings is 2. The number of nitrogens with zero attached hydrogens (tertiary/aromatic N) is 2. The zero-order chi connectivity index (χ0) is 14.5.